The number of carboxylic acids is 1. The number of amides is 3. The highest BCUT2D eigenvalue weighted by molar-refractivity contribution is 5.96. The van der Waals surface area contributed by atoms with Gasteiger partial charge in [-0.25, -0.2) is 4.79 Å². The normalized spacial score (nSPS) is 21.0. The number of hydrogen-bond acceptors (Lipinski definition) is 5. The van der Waals surface area contributed by atoms with Gasteiger partial charge in [0.05, 0.1) is 6.04 Å². The van der Waals surface area contributed by atoms with E-state index in [9.17, 15) is 24.3 Å². The second-order valence-corrected chi connectivity index (χ2v) is 12.0. The molecule has 3 amide bonds. The third kappa shape index (κ3) is 6.44. The van der Waals surface area contributed by atoms with Gasteiger partial charge >= 0.3 is 5.97 Å². The van der Waals surface area contributed by atoms with E-state index < -0.39 is 30.1 Å². The van der Waals surface area contributed by atoms with Gasteiger partial charge in [0.2, 0.25) is 17.7 Å². The van der Waals surface area contributed by atoms with Gasteiger partial charge in [-0.05, 0) is 42.9 Å². The first-order valence-electron chi connectivity index (χ1n) is 15.1. The lowest BCUT2D eigenvalue weighted by molar-refractivity contribution is -0.162. The number of nitrogens with zero attached hydrogens (tertiary/aromatic N) is 3. The Hall–Kier alpha value is -4.18. The zero-order valence-corrected chi connectivity index (χ0v) is 25.0. The largest absolute Gasteiger partial charge is 0.480 e. The monoisotopic (exact) mass is 587 g/mol. The maximum absolute atomic E-state index is 14.4. The number of hydrogen-bond donors (Lipinski definition) is 3. The summed E-state index contributed by atoms with van der Waals surface area (Å²) in [4.78, 5) is 61.9. The van der Waals surface area contributed by atoms with Crippen LogP contribution >= 0.6 is 0 Å². The SMILES string of the molecule is CC(C)C[C@@H](C(=O)O)N1CCN(C(=O)[C@H](Cc2c[nH]c3ccccc23)N2CCN[C@@H](Cc3ccccc3)C2=O)[C@@H](C)C1=O. The molecule has 3 aromatic rings. The molecule has 0 unspecified atom stereocenters. The van der Waals surface area contributed by atoms with Gasteiger partial charge < -0.3 is 30.1 Å². The lowest BCUT2D eigenvalue weighted by Gasteiger charge is -2.45. The number of nitrogens with one attached hydrogen (secondary N) is 2. The summed E-state index contributed by atoms with van der Waals surface area (Å²) in [6, 6.07) is 14.6. The number of carbonyl (C=O) groups is 4. The van der Waals surface area contributed by atoms with E-state index >= 15 is 0 Å². The predicted molar refractivity (Wildman–Crippen MR) is 163 cm³/mol. The van der Waals surface area contributed by atoms with E-state index in [2.05, 4.69) is 10.3 Å². The number of fused-ring (bicyclic) bond motifs is 1. The molecule has 4 atom stereocenters. The van der Waals surface area contributed by atoms with Crippen LogP contribution in [0.2, 0.25) is 0 Å². The summed E-state index contributed by atoms with van der Waals surface area (Å²) >= 11 is 0. The fourth-order valence-electron chi connectivity index (χ4n) is 6.42. The Labute approximate surface area is 252 Å². The zero-order chi connectivity index (χ0) is 30.7. The Morgan fingerprint density at radius 1 is 0.930 bits per heavy atom. The lowest BCUT2D eigenvalue weighted by Crippen LogP contribution is -2.66. The number of aliphatic carboxylic acids is 1. The van der Waals surface area contributed by atoms with E-state index in [1.165, 1.54) is 9.80 Å². The van der Waals surface area contributed by atoms with Crippen molar-refractivity contribution in [3.63, 3.8) is 0 Å². The van der Waals surface area contributed by atoms with Crippen LogP contribution in [0.25, 0.3) is 10.9 Å². The molecular weight excluding hydrogens is 546 g/mol. The molecule has 10 nitrogen and oxygen atoms in total. The molecule has 2 aliphatic rings. The number of rotatable bonds is 10. The van der Waals surface area contributed by atoms with Gasteiger partial charge in [0.1, 0.15) is 18.1 Å². The molecule has 5 rings (SSSR count). The molecule has 1 aromatic heterocycles. The van der Waals surface area contributed by atoms with E-state index in [0.29, 0.717) is 32.4 Å². The molecule has 43 heavy (non-hydrogen) atoms. The van der Waals surface area contributed by atoms with E-state index in [0.717, 1.165) is 22.0 Å². The molecule has 2 saturated heterocycles. The summed E-state index contributed by atoms with van der Waals surface area (Å²) in [5.41, 5.74) is 2.89. The van der Waals surface area contributed by atoms with Gasteiger partial charge in [-0.15, -0.1) is 0 Å². The molecule has 3 N–H and O–H groups in total. The van der Waals surface area contributed by atoms with Crippen LogP contribution in [0.1, 0.15) is 38.3 Å². The molecular formula is C33H41N5O5. The molecule has 228 valence electrons. The highest BCUT2D eigenvalue weighted by atomic mass is 16.4. The van der Waals surface area contributed by atoms with Crippen molar-refractivity contribution in [2.75, 3.05) is 26.2 Å². The first kappa shape index (κ1) is 30.3. The van der Waals surface area contributed by atoms with Crippen LogP contribution in [0, 0.1) is 5.92 Å². The third-order valence-electron chi connectivity index (χ3n) is 8.69. The van der Waals surface area contributed by atoms with Gasteiger partial charge in [0.15, 0.2) is 0 Å². The smallest absolute Gasteiger partial charge is 0.326 e. The van der Waals surface area contributed by atoms with Crippen molar-refractivity contribution < 1.29 is 24.3 Å². The second-order valence-electron chi connectivity index (χ2n) is 12.0. The topological polar surface area (TPSA) is 126 Å². The number of piperazine rings is 2. The fourth-order valence-corrected chi connectivity index (χ4v) is 6.42. The summed E-state index contributed by atoms with van der Waals surface area (Å²) < 4.78 is 0. The van der Waals surface area contributed by atoms with Crippen molar-refractivity contribution in [3.8, 4) is 0 Å². The molecule has 2 aromatic carbocycles. The summed E-state index contributed by atoms with van der Waals surface area (Å²) in [6.45, 7) is 6.74. The number of para-hydroxylation sites is 1. The Morgan fingerprint density at radius 2 is 1.63 bits per heavy atom. The van der Waals surface area contributed by atoms with Crippen LogP contribution in [0.4, 0.5) is 0 Å². The standard InChI is InChI=1S/C33H41N5O5/c1-21(2)17-29(33(42)43)38-16-15-36(22(3)30(38)39)32(41)28(19-24-20-35-26-12-8-7-11-25(24)26)37-14-13-34-27(31(37)40)18-23-9-5-4-6-10-23/h4-12,20-22,27-29,34-35H,13-19H2,1-3H3,(H,42,43)/t22-,27-,28-,29-/m0/s1. The second kappa shape index (κ2) is 13.0. The van der Waals surface area contributed by atoms with Crippen molar-refractivity contribution in [3.05, 3.63) is 71.9 Å². The van der Waals surface area contributed by atoms with E-state index in [-0.39, 0.29) is 36.7 Å². The van der Waals surface area contributed by atoms with E-state index in [4.69, 9.17) is 0 Å². The molecule has 0 aliphatic carbocycles. The Balaban J connectivity index is 1.42. The molecule has 10 heteroatoms. The minimum atomic E-state index is -1.04. The molecule has 2 fully saturated rings. The van der Waals surface area contributed by atoms with Gasteiger partial charge in [-0.1, -0.05) is 62.4 Å². The van der Waals surface area contributed by atoms with E-state index in [1.807, 2.05) is 74.6 Å². The molecule has 2 aliphatic heterocycles. The number of benzene rings is 2. The van der Waals surface area contributed by atoms with Gasteiger partial charge in [-0.2, -0.15) is 0 Å². The Bertz CT molecular complexity index is 1470. The van der Waals surface area contributed by atoms with Crippen molar-refractivity contribution in [1.29, 1.82) is 0 Å². The highest BCUT2D eigenvalue weighted by Crippen LogP contribution is 2.26. The molecule has 0 spiro atoms. The summed E-state index contributed by atoms with van der Waals surface area (Å²) in [5, 5.41) is 14.2. The van der Waals surface area contributed by atoms with Crippen LogP contribution in [0.3, 0.4) is 0 Å². The highest BCUT2D eigenvalue weighted by Gasteiger charge is 2.44. The minimum absolute atomic E-state index is 0.0898. The van der Waals surface area contributed by atoms with E-state index in [1.54, 1.807) is 11.8 Å². The quantitative estimate of drug-likeness (QED) is 0.335. The van der Waals surface area contributed by atoms with Gasteiger partial charge in [0.25, 0.3) is 0 Å². The van der Waals surface area contributed by atoms with Crippen LogP contribution in [-0.2, 0) is 32.0 Å². The molecule has 0 saturated carbocycles. The number of aromatic nitrogens is 1. The average Bonchev–Trinajstić information content (AvgIpc) is 3.40. The summed E-state index contributed by atoms with van der Waals surface area (Å²) in [6.07, 6.45) is 3.01. The first-order valence-corrected chi connectivity index (χ1v) is 15.1. The number of aromatic amines is 1. The maximum Gasteiger partial charge on any atom is 0.326 e. The van der Waals surface area contributed by atoms with Crippen LogP contribution < -0.4 is 5.32 Å². The average molecular weight is 588 g/mol. The number of carbonyl (C=O) groups excluding carboxylic acids is 3. The fraction of sp³-hybridized carbons (Fsp3) is 0.455. The van der Waals surface area contributed by atoms with Gasteiger partial charge in [-0.3, -0.25) is 14.4 Å². The maximum atomic E-state index is 14.4. The molecule has 3 heterocycles. The first-order chi connectivity index (χ1) is 20.7. The van der Waals surface area contributed by atoms with Crippen LogP contribution in [-0.4, -0.2) is 98.8 Å². The van der Waals surface area contributed by atoms with Crippen molar-refractivity contribution >= 4 is 34.6 Å². The minimum Gasteiger partial charge on any atom is -0.480 e. The molecule has 0 radical (unpaired) electrons. The summed E-state index contributed by atoms with van der Waals surface area (Å²) in [7, 11) is 0. The third-order valence-corrected chi connectivity index (χ3v) is 8.69. The van der Waals surface area contributed by atoms with Gasteiger partial charge in [0, 0.05) is 49.7 Å². The Morgan fingerprint density at radius 3 is 2.35 bits per heavy atom. The summed E-state index contributed by atoms with van der Waals surface area (Å²) in [5.74, 6) is -1.77. The number of carboxylic acid groups (broad SMARTS) is 1. The van der Waals surface area contributed by atoms with Crippen molar-refractivity contribution in [2.24, 2.45) is 5.92 Å². The predicted octanol–water partition coefficient (Wildman–Crippen LogP) is 2.68. The number of H-pyrrole nitrogens is 1. The Kier molecular flexibility index (Phi) is 9.15. The lowest BCUT2D eigenvalue weighted by atomic mass is 9.96. The zero-order valence-electron chi connectivity index (χ0n) is 25.0. The van der Waals surface area contributed by atoms with Crippen LogP contribution in [0.15, 0.2) is 60.8 Å². The van der Waals surface area contributed by atoms with Crippen molar-refractivity contribution in [2.45, 2.75) is 64.2 Å². The van der Waals surface area contributed by atoms with Crippen molar-refractivity contribution in [1.82, 2.24) is 25.0 Å². The van der Waals surface area contributed by atoms with Crippen LogP contribution in [0.5, 0.6) is 0 Å². The molecule has 0 bridgehead atoms.